The van der Waals surface area contributed by atoms with Crippen molar-refractivity contribution in [2.45, 2.75) is 33.2 Å². The predicted octanol–water partition coefficient (Wildman–Crippen LogP) is 3.54. The monoisotopic (exact) mass is 249 g/mol. The first kappa shape index (κ1) is 13.0. The molecular weight excluding hydrogens is 226 g/mol. The Balaban J connectivity index is 1.81. The normalized spacial score (nSPS) is 17.3. The Bertz CT molecular complexity index is 336. The van der Waals surface area contributed by atoms with E-state index in [9.17, 15) is 0 Å². The van der Waals surface area contributed by atoms with E-state index in [0.717, 1.165) is 12.5 Å². The number of nitrogens with one attached hydrogen (secondary N) is 1. The molecule has 1 N–H and O–H groups in total. The van der Waals surface area contributed by atoms with Crippen molar-refractivity contribution in [1.29, 1.82) is 0 Å². The van der Waals surface area contributed by atoms with Crippen LogP contribution in [-0.4, -0.2) is 18.1 Å². The fourth-order valence-corrected chi connectivity index (χ4v) is 3.68. The molecule has 1 nitrogen and oxygen atoms in total. The topological polar surface area (TPSA) is 12.0 Å². The molecule has 0 amide bonds. The van der Waals surface area contributed by atoms with Crippen molar-refractivity contribution in [3.8, 4) is 0 Å². The summed E-state index contributed by atoms with van der Waals surface area (Å²) < 4.78 is 0. The Kier molecular flexibility index (Phi) is 4.93. The molecule has 1 aliphatic rings. The minimum Gasteiger partial charge on any atom is -0.312 e. The van der Waals surface area contributed by atoms with E-state index < -0.39 is 0 Å². The number of hydrogen-bond donors (Lipinski definition) is 1. The van der Waals surface area contributed by atoms with Crippen LogP contribution >= 0.6 is 11.8 Å². The molecule has 1 fully saturated rings. The summed E-state index contributed by atoms with van der Waals surface area (Å²) >= 11 is 2.11. The molecule has 0 aromatic heterocycles. The van der Waals surface area contributed by atoms with E-state index in [1.807, 2.05) is 0 Å². The van der Waals surface area contributed by atoms with Gasteiger partial charge in [0.25, 0.3) is 0 Å². The van der Waals surface area contributed by atoms with Gasteiger partial charge in [0.1, 0.15) is 0 Å². The molecule has 0 atom stereocenters. The Morgan fingerprint density at radius 3 is 2.47 bits per heavy atom. The van der Waals surface area contributed by atoms with Crippen LogP contribution in [0.2, 0.25) is 0 Å². The van der Waals surface area contributed by atoms with Gasteiger partial charge in [0.15, 0.2) is 0 Å². The van der Waals surface area contributed by atoms with Gasteiger partial charge in [-0.25, -0.2) is 0 Å². The average molecular weight is 249 g/mol. The van der Waals surface area contributed by atoms with Crippen LogP contribution in [0, 0.1) is 19.8 Å². The van der Waals surface area contributed by atoms with Crippen molar-refractivity contribution >= 4 is 11.8 Å². The van der Waals surface area contributed by atoms with Crippen LogP contribution in [0.4, 0.5) is 0 Å². The summed E-state index contributed by atoms with van der Waals surface area (Å²) in [5.41, 5.74) is 4.31. The minimum absolute atomic E-state index is 0.903. The molecule has 94 valence electrons. The first-order valence-electron chi connectivity index (χ1n) is 6.61. The summed E-state index contributed by atoms with van der Waals surface area (Å²) in [6, 6.07) is 6.56. The SMILES string of the molecule is Cc1cccc(C)c1CNCC1CCSCC1. The average Bonchev–Trinajstić information content (AvgIpc) is 2.34. The molecule has 1 aliphatic heterocycles. The Labute approximate surface area is 109 Å². The summed E-state index contributed by atoms with van der Waals surface area (Å²) in [5, 5.41) is 3.64. The van der Waals surface area contributed by atoms with E-state index in [4.69, 9.17) is 0 Å². The van der Waals surface area contributed by atoms with Gasteiger partial charge in [-0.2, -0.15) is 11.8 Å². The first-order chi connectivity index (χ1) is 8.27. The lowest BCUT2D eigenvalue weighted by Gasteiger charge is -2.22. The molecule has 1 aromatic rings. The van der Waals surface area contributed by atoms with E-state index in [2.05, 4.69) is 49.1 Å². The van der Waals surface area contributed by atoms with Gasteiger partial charge in [-0.3, -0.25) is 0 Å². The lowest BCUT2D eigenvalue weighted by Crippen LogP contribution is -2.25. The molecule has 1 saturated heterocycles. The summed E-state index contributed by atoms with van der Waals surface area (Å²) in [7, 11) is 0. The highest BCUT2D eigenvalue weighted by atomic mass is 32.2. The van der Waals surface area contributed by atoms with E-state index in [1.165, 1.54) is 47.6 Å². The highest BCUT2D eigenvalue weighted by molar-refractivity contribution is 7.99. The molecule has 17 heavy (non-hydrogen) atoms. The number of benzene rings is 1. The van der Waals surface area contributed by atoms with Gasteiger partial charge < -0.3 is 5.32 Å². The second-order valence-electron chi connectivity index (χ2n) is 5.06. The van der Waals surface area contributed by atoms with Gasteiger partial charge in [0.05, 0.1) is 0 Å². The Hall–Kier alpha value is -0.470. The van der Waals surface area contributed by atoms with Crippen molar-refractivity contribution in [2.24, 2.45) is 5.92 Å². The van der Waals surface area contributed by atoms with Gasteiger partial charge in [0, 0.05) is 6.54 Å². The second-order valence-corrected chi connectivity index (χ2v) is 6.28. The third-order valence-electron chi connectivity index (χ3n) is 3.72. The maximum Gasteiger partial charge on any atom is 0.0210 e. The van der Waals surface area contributed by atoms with Crippen molar-refractivity contribution in [3.05, 3.63) is 34.9 Å². The standard InChI is InChI=1S/C15H23NS/c1-12-4-3-5-13(2)15(12)11-16-10-14-6-8-17-9-7-14/h3-5,14,16H,6-11H2,1-2H3. The van der Waals surface area contributed by atoms with Crippen molar-refractivity contribution in [1.82, 2.24) is 5.32 Å². The molecule has 0 bridgehead atoms. The van der Waals surface area contributed by atoms with Crippen LogP contribution < -0.4 is 5.32 Å². The predicted molar refractivity (Wildman–Crippen MR) is 77.7 cm³/mol. The maximum atomic E-state index is 3.64. The quantitative estimate of drug-likeness (QED) is 0.876. The fraction of sp³-hybridized carbons (Fsp3) is 0.600. The van der Waals surface area contributed by atoms with Crippen LogP contribution in [0.15, 0.2) is 18.2 Å². The maximum absolute atomic E-state index is 3.64. The first-order valence-corrected chi connectivity index (χ1v) is 7.76. The Morgan fingerprint density at radius 1 is 1.18 bits per heavy atom. The van der Waals surface area contributed by atoms with Gasteiger partial charge >= 0.3 is 0 Å². The molecule has 1 heterocycles. The van der Waals surface area contributed by atoms with E-state index >= 15 is 0 Å². The number of thioether (sulfide) groups is 1. The van der Waals surface area contributed by atoms with Crippen LogP contribution in [0.5, 0.6) is 0 Å². The third-order valence-corrected chi connectivity index (χ3v) is 4.77. The van der Waals surface area contributed by atoms with E-state index in [1.54, 1.807) is 0 Å². The molecule has 2 heteroatoms. The molecule has 0 aliphatic carbocycles. The number of hydrogen-bond acceptors (Lipinski definition) is 2. The zero-order valence-corrected chi connectivity index (χ0v) is 11.8. The smallest absolute Gasteiger partial charge is 0.0210 e. The van der Waals surface area contributed by atoms with Gasteiger partial charge in [0.2, 0.25) is 0 Å². The van der Waals surface area contributed by atoms with Gasteiger partial charge in [-0.05, 0) is 67.3 Å². The number of rotatable bonds is 4. The second kappa shape index (κ2) is 6.46. The molecule has 0 spiro atoms. The Morgan fingerprint density at radius 2 is 1.82 bits per heavy atom. The molecule has 0 radical (unpaired) electrons. The summed E-state index contributed by atoms with van der Waals surface area (Å²) in [6.07, 6.45) is 2.79. The van der Waals surface area contributed by atoms with Crippen LogP contribution in [-0.2, 0) is 6.54 Å². The molecule has 0 unspecified atom stereocenters. The molecule has 2 rings (SSSR count). The molecule has 0 saturated carbocycles. The van der Waals surface area contributed by atoms with Gasteiger partial charge in [-0.15, -0.1) is 0 Å². The van der Waals surface area contributed by atoms with E-state index in [0.29, 0.717) is 0 Å². The van der Waals surface area contributed by atoms with Crippen LogP contribution in [0.25, 0.3) is 0 Å². The largest absolute Gasteiger partial charge is 0.312 e. The lowest BCUT2D eigenvalue weighted by atomic mass is 10.0. The minimum atomic E-state index is 0.903. The lowest BCUT2D eigenvalue weighted by molar-refractivity contribution is 0.447. The molecular formula is C15H23NS. The highest BCUT2D eigenvalue weighted by Gasteiger charge is 2.13. The van der Waals surface area contributed by atoms with Crippen LogP contribution in [0.1, 0.15) is 29.5 Å². The van der Waals surface area contributed by atoms with E-state index in [-0.39, 0.29) is 0 Å². The van der Waals surface area contributed by atoms with Crippen molar-refractivity contribution in [3.63, 3.8) is 0 Å². The zero-order valence-electron chi connectivity index (χ0n) is 11.0. The number of aryl methyl sites for hydroxylation is 2. The third kappa shape index (κ3) is 3.75. The fourth-order valence-electron chi connectivity index (χ4n) is 2.48. The summed E-state index contributed by atoms with van der Waals surface area (Å²) in [4.78, 5) is 0. The van der Waals surface area contributed by atoms with Crippen LogP contribution in [0.3, 0.4) is 0 Å². The van der Waals surface area contributed by atoms with Gasteiger partial charge in [-0.1, -0.05) is 18.2 Å². The summed E-state index contributed by atoms with van der Waals surface area (Å²) in [6.45, 7) is 6.64. The molecule has 1 aromatic carbocycles. The zero-order chi connectivity index (χ0) is 12.1. The summed E-state index contributed by atoms with van der Waals surface area (Å²) in [5.74, 6) is 3.62. The highest BCUT2D eigenvalue weighted by Crippen LogP contribution is 2.22. The van der Waals surface area contributed by atoms with Crippen molar-refractivity contribution in [2.75, 3.05) is 18.1 Å². The van der Waals surface area contributed by atoms with Crippen molar-refractivity contribution < 1.29 is 0 Å².